The average molecular weight is 395 g/mol. The lowest BCUT2D eigenvalue weighted by Crippen LogP contribution is -2.50. The Labute approximate surface area is 169 Å². The van der Waals surface area contributed by atoms with E-state index >= 15 is 0 Å². The zero-order chi connectivity index (χ0) is 19.1. The lowest BCUT2D eigenvalue weighted by Gasteiger charge is -2.34. The molecule has 27 heavy (non-hydrogen) atoms. The van der Waals surface area contributed by atoms with Crippen molar-refractivity contribution < 1.29 is 9.59 Å². The monoisotopic (exact) mass is 394 g/mol. The molecule has 1 atom stereocenters. The molecule has 0 aromatic heterocycles. The van der Waals surface area contributed by atoms with Crippen LogP contribution in [0.2, 0.25) is 5.02 Å². The van der Waals surface area contributed by atoms with Gasteiger partial charge in [-0.05, 0) is 55.2 Å². The van der Waals surface area contributed by atoms with Gasteiger partial charge in [-0.1, -0.05) is 51.9 Å². The minimum Gasteiger partial charge on any atom is -0.344 e. The number of nitrogens with one attached hydrogen (secondary N) is 1. The minimum atomic E-state index is -0.401. The van der Waals surface area contributed by atoms with Gasteiger partial charge in [0.25, 0.3) is 0 Å². The second-order valence-corrected chi connectivity index (χ2v) is 8.05. The molecule has 1 aliphatic heterocycles. The number of carbonyl (C=O) groups excluding carboxylic acids is 2. The Morgan fingerprint density at radius 2 is 1.78 bits per heavy atom. The molecule has 0 aliphatic carbocycles. The van der Waals surface area contributed by atoms with Crippen molar-refractivity contribution in [3.8, 4) is 0 Å². The molecule has 5 heteroatoms. The van der Waals surface area contributed by atoms with Gasteiger partial charge in [-0.2, -0.15) is 0 Å². The van der Waals surface area contributed by atoms with Gasteiger partial charge in [0.05, 0.1) is 0 Å². The quantitative estimate of drug-likeness (QED) is 0.706. The molecular formula is C22H35ClN2O2. The van der Waals surface area contributed by atoms with Crippen LogP contribution in [0.1, 0.15) is 71.8 Å². The number of likely N-dealkylation sites (tertiary alicyclic amines) is 1. The molecule has 0 spiro atoms. The highest BCUT2D eigenvalue weighted by molar-refractivity contribution is 6.30. The van der Waals surface area contributed by atoms with Gasteiger partial charge in [0.2, 0.25) is 11.8 Å². The third-order valence-electron chi connectivity index (χ3n) is 5.14. The van der Waals surface area contributed by atoms with Crippen LogP contribution in [-0.4, -0.2) is 35.8 Å². The summed E-state index contributed by atoms with van der Waals surface area (Å²) in [6.07, 6.45) is 3.86. The van der Waals surface area contributed by atoms with Crippen molar-refractivity contribution in [2.75, 3.05) is 13.1 Å². The number of halogens is 1. The number of rotatable bonds is 7. The van der Waals surface area contributed by atoms with E-state index in [2.05, 4.69) is 31.3 Å². The summed E-state index contributed by atoms with van der Waals surface area (Å²) >= 11 is 5.96. The van der Waals surface area contributed by atoms with Crippen molar-refractivity contribution in [2.24, 2.45) is 5.92 Å². The van der Waals surface area contributed by atoms with Gasteiger partial charge in [0.15, 0.2) is 0 Å². The fourth-order valence-corrected chi connectivity index (χ4v) is 3.54. The van der Waals surface area contributed by atoms with Crippen molar-refractivity contribution >= 4 is 23.4 Å². The standard InChI is InChI=1S/C21H31ClN2O2.CH4/c1-4-19(23-20(25)10-5-15(2)3)21(26)24-13-11-17(12-14-24)16-6-8-18(22)9-7-16;/h6-9,15,17,19H,4-5,10-14H2,1-3H3,(H,23,25);1H4/t19-;/m1./s1. The molecule has 0 saturated carbocycles. The summed E-state index contributed by atoms with van der Waals surface area (Å²) < 4.78 is 0. The lowest BCUT2D eigenvalue weighted by atomic mass is 9.89. The van der Waals surface area contributed by atoms with Crippen LogP contribution in [0, 0.1) is 5.92 Å². The molecule has 1 fully saturated rings. The number of hydrogen-bond donors (Lipinski definition) is 1. The second-order valence-electron chi connectivity index (χ2n) is 7.61. The highest BCUT2D eigenvalue weighted by atomic mass is 35.5. The van der Waals surface area contributed by atoms with E-state index in [-0.39, 0.29) is 19.2 Å². The predicted octanol–water partition coefficient (Wildman–Crippen LogP) is 5.01. The van der Waals surface area contributed by atoms with E-state index in [9.17, 15) is 9.59 Å². The Bertz CT molecular complexity index is 593. The number of benzene rings is 1. The van der Waals surface area contributed by atoms with E-state index in [1.165, 1.54) is 5.56 Å². The third kappa shape index (κ3) is 7.17. The van der Waals surface area contributed by atoms with E-state index in [4.69, 9.17) is 11.6 Å². The van der Waals surface area contributed by atoms with Crippen molar-refractivity contribution in [1.29, 1.82) is 0 Å². The minimum absolute atomic E-state index is 0. The molecule has 2 rings (SSSR count). The van der Waals surface area contributed by atoms with Crippen LogP contribution in [0.5, 0.6) is 0 Å². The summed E-state index contributed by atoms with van der Waals surface area (Å²) in [5.41, 5.74) is 1.29. The fraction of sp³-hybridized carbons (Fsp3) is 0.636. The lowest BCUT2D eigenvalue weighted by molar-refractivity contribution is -0.137. The van der Waals surface area contributed by atoms with Gasteiger partial charge >= 0.3 is 0 Å². The molecule has 1 aromatic carbocycles. The van der Waals surface area contributed by atoms with Crippen LogP contribution >= 0.6 is 11.6 Å². The summed E-state index contributed by atoms with van der Waals surface area (Å²) in [7, 11) is 0. The van der Waals surface area contributed by atoms with E-state index in [1.54, 1.807) is 0 Å². The van der Waals surface area contributed by atoms with E-state index in [1.807, 2.05) is 24.0 Å². The van der Waals surface area contributed by atoms with Gasteiger partial charge < -0.3 is 10.2 Å². The molecule has 1 saturated heterocycles. The molecule has 1 aromatic rings. The number of piperidine rings is 1. The molecule has 0 radical (unpaired) electrons. The van der Waals surface area contributed by atoms with Gasteiger partial charge in [0.1, 0.15) is 6.04 Å². The van der Waals surface area contributed by atoms with Gasteiger partial charge in [0, 0.05) is 24.5 Å². The summed E-state index contributed by atoms with van der Waals surface area (Å²) in [4.78, 5) is 26.8. The summed E-state index contributed by atoms with van der Waals surface area (Å²) in [6.45, 7) is 7.63. The molecule has 1 aliphatic rings. The number of hydrogen-bond acceptors (Lipinski definition) is 2. The van der Waals surface area contributed by atoms with E-state index in [0.717, 1.165) is 37.4 Å². The molecule has 0 bridgehead atoms. The Morgan fingerprint density at radius 3 is 2.30 bits per heavy atom. The largest absolute Gasteiger partial charge is 0.344 e. The van der Waals surface area contributed by atoms with Crippen LogP contribution in [0.25, 0.3) is 0 Å². The summed E-state index contributed by atoms with van der Waals surface area (Å²) in [5, 5.41) is 3.67. The van der Waals surface area contributed by atoms with E-state index < -0.39 is 6.04 Å². The zero-order valence-corrected chi connectivity index (χ0v) is 16.9. The maximum atomic E-state index is 12.8. The topological polar surface area (TPSA) is 49.4 Å². The number of amides is 2. The maximum Gasteiger partial charge on any atom is 0.245 e. The third-order valence-corrected chi connectivity index (χ3v) is 5.39. The van der Waals surface area contributed by atoms with Crippen molar-refractivity contribution in [1.82, 2.24) is 10.2 Å². The Balaban J connectivity index is 0.00000364. The van der Waals surface area contributed by atoms with Crippen molar-refractivity contribution in [2.45, 2.75) is 72.3 Å². The Kier molecular flexibility index (Phi) is 9.86. The molecule has 152 valence electrons. The first-order valence-corrected chi connectivity index (χ1v) is 10.1. The average Bonchev–Trinajstić information content (AvgIpc) is 2.64. The SMILES string of the molecule is C.CC[C@@H](NC(=O)CCC(C)C)C(=O)N1CCC(c2ccc(Cl)cc2)CC1. The van der Waals surface area contributed by atoms with Gasteiger partial charge in [-0.25, -0.2) is 0 Å². The molecule has 2 amide bonds. The molecule has 1 N–H and O–H groups in total. The summed E-state index contributed by atoms with van der Waals surface area (Å²) in [5.74, 6) is 0.996. The number of nitrogens with zero attached hydrogens (tertiary/aromatic N) is 1. The highest BCUT2D eigenvalue weighted by Gasteiger charge is 2.28. The summed E-state index contributed by atoms with van der Waals surface area (Å²) in [6, 6.07) is 7.60. The first-order chi connectivity index (χ1) is 12.4. The first kappa shape index (κ1) is 23.5. The molecule has 0 unspecified atom stereocenters. The van der Waals surface area contributed by atoms with E-state index in [0.29, 0.717) is 24.7 Å². The van der Waals surface area contributed by atoms with Crippen LogP contribution in [-0.2, 0) is 9.59 Å². The van der Waals surface area contributed by atoms with Crippen LogP contribution in [0.4, 0.5) is 0 Å². The maximum absolute atomic E-state index is 12.8. The van der Waals surface area contributed by atoms with Crippen molar-refractivity contribution in [3.05, 3.63) is 34.9 Å². The Hall–Kier alpha value is -1.55. The van der Waals surface area contributed by atoms with Crippen LogP contribution < -0.4 is 5.32 Å². The predicted molar refractivity (Wildman–Crippen MR) is 113 cm³/mol. The first-order valence-electron chi connectivity index (χ1n) is 9.74. The second kappa shape index (κ2) is 11.3. The normalized spacial score (nSPS) is 16.0. The Morgan fingerprint density at radius 1 is 1.19 bits per heavy atom. The fourth-order valence-electron chi connectivity index (χ4n) is 3.41. The van der Waals surface area contributed by atoms with Crippen molar-refractivity contribution in [3.63, 3.8) is 0 Å². The molecular weight excluding hydrogens is 360 g/mol. The number of carbonyl (C=O) groups is 2. The molecule has 1 heterocycles. The van der Waals surface area contributed by atoms with Crippen LogP contribution in [0.3, 0.4) is 0 Å². The highest BCUT2D eigenvalue weighted by Crippen LogP contribution is 2.29. The zero-order valence-electron chi connectivity index (χ0n) is 16.1. The van der Waals surface area contributed by atoms with Crippen LogP contribution in [0.15, 0.2) is 24.3 Å². The van der Waals surface area contributed by atoms with Gasteiger partial charge in [-0.15, -0.1) is 0 Å². The smallest absolute Gasteiger partial charge is 0.245 e. The molecule has 4 nitrogen and oxygen atoms in total. The van der Waals surface area contributed by atoms with Gasteiger partial charge in [-0.3, -0.25) is 9.59 Å².